The van der Waals surface area contributed by atoms with Crippen LogP contribution in [0.3, 0.4) is 0 Å². The maximum atomic E-state index is 11.0. The first-order valence-electron chi connectivity index (χ1n) is 5.58. The minimum atomic E-state index is -0.870. The van der Waals surface area contributed by atoms with Gasteiger partial charge in [0.05, 0.1) is 7.11 Å². The molecule has 0 amide bonds. The Balaban J connectivity index is 0.000000385. The van der Waals surface area contributed by atoms with Gasteiger partial charge in [0.2, 0.25) is 0 Å². The molecule has 0 saturated carbocycles. The SMILES string of the molecule is C.COC(=O)c1scc(C)c1Br.Cc1csc(C(=O)O)c1Br. The average Bonchev–Trinajstić information content (AvgIpc) is 2.95. The predicted octanol–water partition coefficient (Wildman–Crippen LogP) is 5.76. The summed E-state index contributed by atoms with van der Waals surface area (Å²) in [6.07, 6.45) is 0. The predicted molar refractivity (Wildman–Crippen MR) is 98.5 cm³/mol. The van der Waals surface area contributed by atoms with Gasteiger partial charge in [-0.2, -0.15) is 0 Å². The van der Waals surface area contributed by atoms with Gasteiger partial charge in [0.25, 0.3) is 0 Å². The van der Waals surface area contributed by atoms with E-state index in [0.717, 1.165) is 15.6 Å². The van der Waals surface area contributed by atoms with E-state index in [0.29, 0.717) is 14.2 Å². The standard InChI is InChI=1S/C7H7BrO2S.C6H5BrO2S.CH4/c1-4-3-11-6(5(4)8)7(9)10-2;1-3-2-10-5(4(3)7)6(8)9;/h3H,1-2H3;2H,1H3,(H,8,9);1H4. The van der Waals surface area contributed by atoms with Crippen molar-refractivity contribution in [1.29, 1.82) is 0 Å². The molecule has 4 nitrogen and oxygen atoms in total. The van der Waals surface area contributed by atoms with Crippen LogP contribution < -0.4 is 0 Å². The number of thiophene rings is 2. The van der Waals surface area contributed by atoms with Crippen LogP contribution in [-0.2, 0) is 4.74 Å². The maximum absolute atomic E-state index is 11.0. The molecular formula is C14H16Br2O4S2. The van der Waals surface area contributed by atoms with E-state index in [4.69, 9.17) is 5.11 Å². The highest BCUT2D eigenvalue weighted by Gasteiger charge is 2.13. The molecule has 0 aromatic carbocycles. The van der Waals surface area contributed by atoms with Crippen LogP contribution in [0, 0.1) is 13.8 Å². The third-order valence-electron chi connectivity index (χ3n) is 2.36. The van der Waals surface area contributed by atoms with Gasteiger partial charge < -0.3 is 9.84 Å². The van der Waals surface area contributed by atoms with Crippen molar-refractivity contribution in [1.82, 2.24) is 0 Å². The van der Waals surface area contributed by atoms with E-state index in [1.807, 2.05) is 24.6 Å². The van der Waals surface area contributed by atoms with Gasteiger partial charge >= 0.3 is 11.9 Å². The molecule has 0 unspecified atom stereocenters. The molecule has 2 aromatic rings. The summed E-state index contributed by atoms with van der Waals surface area (Å²) in [5.74, 6) is -1.15. The molecule has 2 aromatic heterocycles. The van der Waals surface area contributed by atoms with E-state index in [1.165, 1.54) is 29.8 Å². The first-order valence-corrected chi connectivity index (χ1v) is 8.92. The molecule has 0 atom stereocenters. The van der Waals surface area contributed by atoms with Gasteiger partial charge in [-0.25, -0.2) is 9.59 Å². The minimum absolute atomic E-state index is 0. The van der Waals surface area contributed by atoms with Gasteiger partial charge in [-0.05, 0) is 67.6 Å². The summed E-state index contributed by atoms with van der Waals surface area (Å²) in [5, 5.41) is 12.3. The number of ether oxygens (including phenoxy) is 1. The second-order valence-electron chi connectivity index (χ2n) is 3.92. The summed E-state index contributed by atoms with van der Waals surface area (Å²) >= 11 is 9.11. The number of carboxylic acids is 1. The summed E-state index contributed by atoms with van der Waals surface area (Å²) in [7, 11) is 1.38. The average molecular weight is 472 g/mol. The normalized spacial score (nSPS) is 9.32. The first kappa shape index (κ1) is 21.3. The fourth-order valence-corrected chi connectivity index (χ4v) is 4.29. The number of hydrogen-bond donors (Lipinski definition) is 1. The maximum Gasteiger partial charge on any atom is 0.349 e. The Morgan fingerprint density at radius 1 is 1.05 bits per heavy atom. The van der Waals surface area contributed by atoms with Gasteiger partial charge in [-0.15, -0.1) is 22.7 Å². The van der Waals surface area contributed by atoms with E-state index in [-0.39, 0.29) is 13.4 Å². The van der Waals surface area contributed by atoms with Crippen molar-refractivity contribution in [3.63, 3.8) is 0 Å². The number of rotatable bonds is 2. The van der Waals surface area contributed by atoms with Gasteiger partial charge in [0.1, 0.15) is 9.75 Å². The molecule has 0 aliphatic carbocycles. The van der Waals surface area contributed by atoms with Gasteiger partial charge in [-0.3, -0.25) is 0 Å². The summed E-state index contributed by atoms with van der Waals surface area (Å²) in [4.78, 5) is 22.4. The highest BCUT2D eigenvalue weighted by atomic mass is 79.9. The fourth-order valence-electron chi connectivity index (χ4n) is 1.23. The lowest BCUT2D eigenvalue weighted by atomic mass is 10.3. The van der Waals surface area contributed by atoms with E-state index < -0.39 is 5.97 Å². The minimum Gasteiger partial charge on any atom is -0.477 e. The molecule has 0 aliphatic heterocycles. The molecule has 22 heavy (non-hydrogen) atoms. The third-order valence-corrected chi connectivity index (χ3v) is 7.10. The summed E-state index contributed by atoms with van der Waals surface area (Å²) < 4.78 is 6.11. The number of carbonyl (C=O) groups excluding carboxylic acids is 1. The molecule has 2 rings (SSSR count). The van der Waals surface area contributed by atoms with Crippen LogP contribution in [0.4, 0.5) is 0 Å². The van der Waals surface area contributed by atoms with E-state index in [1.54, 1.807) is 0 Å². The molecule has 122 valence electrons. The molecule has 8 heteroatoms. The van der Waals surface area contributed by atoms with Crippen LogP contribution in [0.15, 0.2) is 19.7 Å². The number of esters is 1. The highest BCUT2D eigenvalue weighted by Crippen LogP contribution is 2.28. The van der Waals surface area contributed by atoms with Crippen molar-refractivity contribution >= 4 is 66.5 Å². The Morgan fingerprint density at radius 2 is 1.45 bits per heavy atom. The van der Waals surface area contributed by atoms with Gasteiger partial charge in [-0.1, -0.05) is 7.43 Å². The van der Waals surface area contributed by atoms with Crippen LogP contribution in [0.5, 0.6) is 0 Å². The Labute approximate surface area is 154 Å². The number of carbonyl (C=O) groups is 2. The van der Waals surface area contributed by atoms with Crippen LogP contribution in [-0.4, -0.2) is 24.2 Å². The number of aryl methyl sites for hydroxylation is 2. The van der Waals surface area contributed by atoms with Crippen molar-refractivity contribution in [2.75, 3.05) is 7.11 Å². The Hall–Kier alpha value is -0.700. The van der Waals surface area contributed by atoms with Crippen LogP contribution in [0.2, 0.25) is 0 Å². The van der Waals surface area contributed by atoms with Crippen molar-refractivity contribution in [3.8, 4) is 0 Å². The van der Waals surface area contributed by atoms with Crippen molar-refractivity contribution in [2.45, 2.75) is 21.3 Å². The lowest BCUT2D eigenvalue weighted by molar-refractivity contribution is 0.0604. The molecule has 0 saturated heterocycles. The zero-order valence-corrected chi connectivity index (χ0v) is 16.2. The van der Waals surface area contributed by atoms with E-state index >= 15 is 0 Å². The molecule has 0 fully saturated rings. The number of hydrogen-bond acceptors (Lipinski definition) is 5. The van der Waals surface area contributed by atoms with Crippen molar-refractivity contribution in [2.24, 2.45) is 0 Å². The lowest BCUT2D eigenvalue weighted by Gasteiger charge is -1.94. The number of aromatic carboxylic acids is 1. The molecule has 1 N–H and O–H groups in total. The van der Waals surface area contributed by atoms with Crippen LogP contribution in [0.25, 0.3) is 0 Å². The molecule has 0 radical (unpaired) electrons. The number of halogens is 2. The van der Waals surface area contributed by atoms with Crippen molar-refractivity contribution < 1.29 is 19.4 Å². The zero-order chi connectivity index (χ0) is 16.2. The Bertz CT molecular complexity index is 662. The van der Waals surface area contributed by atoms with Crippen LogP contribution >= 0.6 is 54.5 Å². The van der Waals surface area contributed by atoms with E-state index in [9.17, 15) is 9.59 Å². The molecule has 2 heterocycles. The third kappa shape index (κ3) is 5.19. The monoisotopic (exact) mass is 470 g/mol. The largest absolute Gasteiger partial charge is 0.477 e. The summed E-state index contributed by atoms with van der Waals surface area (Å²) in [5.41, 5.74) is 2.04. The van der Waals surface area contributed by atoms with E-state index in [2.05, 4.69) is 36.6 Å². The first-order chi connectivity index (χ1) is 9.79. The Morgan fingerprint density at radius 3 is 1.68 bits per heavy atom. The molecular weight excluding hydrogens is 456 g/mol. The Kier molecular flexibility index (Phi) is 9.14. The highest BCUT2D eigenvalue weighted by molar-refractivity contribution is 9.11. The van der Waals surface area contributed by atoms with Crippen LogP contribution in [0.1, 0.15) is 37.9 Å². The fraction of sp³-hybridized carbons (Fsp3) is 0.286. The zero-order valence-electron chi connectivity index (χ0n) is 11.4. The molecule has 0 aliphatic rings. The van der Waals surface area contributed by atoms with Gasteiger partial charge in [0.15, 0.2) is 0 Å². The van der Waals surface area contributed by atoms with Crippen molar-refractivity contribution in [3.05, 3.63) is 40.6 Å². The second kappa shape index (κ2) is 9.44. The van der Waals surface area contributed by atoms with Gasteiger partial charge in [0, 0.05) is 8.95 Å². The topological polar surface area (TPSA) is 63.6 Å². The smallest absolute Gasteiger partial charge is 0.349 e. The molecule has 0 bridgehead atoms. The quantitative estimate of drug-likeness (QED) is 0.565. The number of methoxy groups -OCH3 is 1. The summed E-state index contributed by atoms with van der Waals surface area (Å²) in [6.45, 7) is 3.81. The molecule has 0 spiro atoms. The summed E-state index contributed by atoms with van der Waals surface area (Å²) in [6, 6.07) is 0. The number of carboxylic acid groups (broad SMARTS) is 1. The second-order valence-corrected chi connectivity index (χ2v) is 7.27. The lowest BCUT2D eigenvalue weighted by Crippen LogP contribution is -1.98.